The molecule has 3 aliphatic rings. The van der Waals surface area contributed by atoms with E-state index >= 15 is 0 Å². The number of esters is 1. The Morgan fingerprint density at radius 2 is 1.29 bits per heavy atom. The standard InChI is InChI=1S/C53H55N3O2/c1-39(2)53(57)58-38-37-54-51-36-35-50(48-25-15-16-26-49(48)51)52(40-27-31-46(32-28-40)55(42-17-7-3-8-18-42)43-19-9-4-10-20-43)41-29-33-47(34-30-41)56(44-21-11-5-12-22-44)45-23-13-6-14-24-45/h3,5,7-8,11-12,15-18,21-22,25-36,43,45H,1,4,6,9-10,13-14,19-20,23-24,37-38H2,2H3/p+1. The fourth-order valence-corrected chi connectivity index (χ4v) is 9.18. The van der Waals surface area contributed by atoms with Crippen molar-refractivity contribution < 1.29 is 14.1 Å². The molecule has 0 unspecified atom stereocenters. The van der Waals surface area contributed by atoms with Crippen molar-refractivity contribution in [1.82, 2.24) is 0 Å². The van der Waals surface area contributed by atoms with Gasteiger partial charge in [-0.05, 0) is 103 Å². The number of benzene rings is 5. The highest BCUT2D eigenvalue weighted by molar-refractivity contribution is 6.08. The van der Waals surface area contributed by atoms with Crippen LogP contribution in [0.25, 0.3) is 16.3 Å². The molecule has 2 saturated carbocycles. The molecular weight excluding hydrogens is 711 g/mol. The van der Waals surface area contributed by atoms with E-state index in [9.17, 15) is 4.79 Å². The Bertz CT molecular complexity index is 2320. The number of anilines is 3. The number of ether oxygens (including phenoxy) is 1. The predicted molar refractivity (Wildman–Crippen MR) is 243 cm³/mol. The van der Waals surface area contributed by atoms with Gasteiger partial charge in [0.25, 0.3) is 0 Å². The molecule has 8 rings (SSSR count). The van der Waals surface area contributed by atoms with Crippen LogP contribution in [0, 0.1) is 0 Å². The van der Waals surface area contributed by atoms with E-state index < -0.39 is 0 Å². The maximum Gasteiger partial charge on any atom is 0.333 e. The first-order chi connectivity index (χ1) is 28.5. The molecule has 0 bridgehead atoms. The van der Waals surface area contributed by atoms with Gasteiger partial charge in [-0.25, -0.2) is 4.79 Å². The third-order valence-corrected chi connectivity index (χ3v) is 12.0. The molecule has 3 aliphatic carbocycles. The highest BCUT2D eigenvalue weighted by atomic mass is 16.5. The molecule has 0 radical (unpaired) electrons. The quantitative estimate of drug-likeness (QED) is 0.0594. The maximum absolute atomic E-state index is 12.0. The first kappa shape index (κ1) is 38.9. The summed E-state index contributed by atoms with van der Waals surface area (Å²) in [7, 11) is 0. The summed E-state index contributed by atoms with van der Waals surface area (Å²) in [5.74, 6) is -0.366. The van der Waals surface area contributed by atoms with Gasteiger partial charge in [0.2, 0.25) is 11.4 Å². The number of fused-ring (bicyclic) bond motifs is 1. The molecule has 0 heterocycles. The first-order valence-electron chi connectivity index (χ1n) is 21.4. The smallest absolute Gasteiger partial charge is 0.333 e. The van der Waals surface area contributed by atoms with Gasteiger partial charge in [0.15, 0.2) is 6.04 Å². The summed E-state index contributed by atoms with van der Waals surface area (Å²) in [5, 5.41) is 5.82. The third-order valence-electron chi connectivity index (χ3n) is 12.0. The van der Waals surface area contributed by atoms with E-state index in [2.05, 4.69) is 167 Å². The first-order valence-corrected chi connectivity index (χ1v) is 21.4. The number of nitrogens with zero attached hydrogens (tertiary/aromatic N) is 2. The highest BCUT2D eigenvalue weighted by Crippen LogP contribution is 2.40. The van der Waals surface area contributed by atoms with Crippen LogP contribution in [0.1, 0.15) is 82.3 Å². The largest absolute Gasteiger partial charge is 0.460 e. The second kappa shape index (κ2) is 18.5. The van der Waals surface area contributed by atoms with Gasteiger partial charge in [-0.2, -0.15) is 4.58 Å². The van der Waals surface area contributed by atoms with E-state index in [4.69, 9.17) is 4.74 Å². The summed E-state index contributed by atoms with van der Waals surface area (Å²) >= 11 is 0. The molecule has 0 atom stereocenters. The Morgan fingerprint density at radius 3 is 1.97 bits per heavy atom. The lowest BCUT2D eigenvalue weighted by Gasteiger charge is -2.36. The van der Waals surface area contributed by atoms with Gasteiger partial charge in [0.1, 0.15) is 6.61 Å². The lowest BCUT2D eigenvalue weighted by Crippen LogP contribution is -2.32. The van der Waals surface area contributed by atoms with Gasteiger partial charge in [-0.15, -0.1) is 0 Å². The van der Waals surface area contributed by atoms with Gasteiger partial charge in [-0.3, -0.25) is 0 Å². The Labute approximate surface area is 344 Å². The Balaban J connectivity index is 1.22. The zero-order valence-electron chi connectivity index (χ0n) is 33.9. The highest BCUT2D eigenvalue weighted by Gasteiger charge is 2.29. The fourth-order valence-electron chi connectivity index (χ4n) is 9.18. The second-order valence-corrected chi connectivity index (χ2v) is 16.0. The molecule has 0 saturated heterocycles. The van der Waals surface area contributed by atoms with Crippen LogP contribution in [0.15, 0.2) is 163 Å². The molecule has 58 heavy (non-hydrogen) atoms. The molecule has 5 heteroatoms. The zero-order valence-corrected chi connectivity index (χ0v) is 33.9. The van der Waals surface area contributed by atoms with Crippen molar-refractivity contribution in [2.45, 2.75) is 83.2 Å². The maximum atomic E-state index is 12.0. The number of allylic oxidation sites excluding steroid dienone is 5. The van der Waals surface area contributed by atoms with Crippen LogP contribution >= 0.6 is 0 Å². The Morgan fingerprint density at radius 1 is 0.690 bits per heavy atom. The number of nitrogens with one attached hydrogen (secondary N) is 1. The van der Waals surface area contributed by atoms with Crippen LogP contribution in [0.4, 0.5) is 22.7 Å². The minimum atomic E-state index is -0.366. The van der Waals surface area contributed by atoms with E-state index in [0.29, 0.717) is 24.2 Å². The molecule has 0 spiro atoms. The van der Waals surface area contributed by atoms with Crippen LogP contribution in [0.3, 0.4) is 0 Å². The van der Waals surface area contributed by atoms with Crippen LogP contribution < -0.4 is 10.2 Å². The monoisotopic (exact) mass is 766 g/mol. The zero-order chi connectivity index (χ0) is 39.7. The summed E-state index contributed by atoms with van der Waals surface area (Å²) in [5.41, 5.74) is 11.1. The SMILES string of the molecule is C=C(C)C(=O)OCCNc1ccc(C(=C2C=CC(=[N+](c3ccccc3)C3CCCCC3)C=C2)c2ccc(N(c3ccccc3)C3CCCCC3)cc2)c2ccccc12. The summed E-state index contributed by atoms with van der Waals surface area (Å²) in [6.07, 6.45) is 21.9. The molecule has 5 nitrogen and oxygen atoms in total. The van der Waals surface area contributed by atoms with Gasteiger partial charge >= 0.3 is 5.97 Å². The molecule has 1 N–H and O–H groups in total. The molecule has 5 aromatic rings. The average molecular weight is 767 g/mol. The van der Waals surface area contributed by atoms with Gasteiger partial charge in [-0.1, -0.05) is 111 Å². The Hall–Kier alpha value is -5.94. The van der Waals surface area contributed by atoms with Gasteiger partial charge in [0.05, 0.1) is 0 Å². The lowest BCUT2D eigenvalue weighted by atomic mass is 9.87. The molecule has 5 aromatic carbocycles. The topological polar surface area (TPSA) is 44.6 Å². The van der Waals surface area contributed by atoms with E-state index in [-0.39, 0.29) is 12.6 Å². The third kappa shape index (κ3) is 8.79. The number of rotatable bonds is 12. The summed E-state index contributed by atoms with van der Waals surface area (Å²) < 4.78 is 7.96. The predicted octanol–water partition coefficient (Wildman–Crippen LogP) is 12.9. The number of hydrogen-bond acceptors (Lipinski definition) is 4. The summed E-state index contributed by atoms with van der Waals surface area (Å²) in [6.45, 7) is 6.14. The minimum Gasteiger partial charge on any atom is -0.460 e. The molecular formula is C53H56N3O2+. The van der Waals surface area contributed by atoms with Crippen molar-refractivity contribution in [2.75, 3.05) is 23.4 Å². The number of carbonyl (C=O) groups excluding carboxylic acids is 1. The van der Waals surface area contributed by atoms with Crippen molar-refractivity contribution in [3.8, 4) is 0 Å². The van der Waals surface area contributed by atoms with Crippen LogP contribution in [-0.2, 0) is 9.53 Å². The number of para-hydroxylation sites is 2. The van der Waals surface area contributed by atoms with Crippen LogP contribution in [0.2, 0.25) is 0 Å². The van der Waals surface area contributed by atoms with Crippen molar-refractivity contribution >= 4 is 50.8 Å². The molecule has 294 valence electrons. The van der Waals surface area contributed by atoms with Crippen molar-refractivity contribution in [3.63, 3.8) is 0 Å². The molecule has 0 aliphatic heterocycles. The molecule has 0 aromatic heterocycles. The van der Waals surface area contributed by atoms with Gasteiger partial charge in [0, 0.05) is 77.7 Å². The Kier molecular flexibility index (Phi) is 12.4. The van der Waals surface area contributed by atoms with Gasteiger partial charge < -0.3 is 15.0 Å². The molecule has 0 amide bonds. The number of hydrogen-bond donors (Lipinski definition) is 1. The molecule has 2 fully saturated rings. The van der Waals surface area contributed by atoms with Crippen molar-refractivity contribution in [1.29, 1.82) is 0 Å². The minimum absolute atomic E-state index is 0.263. The summed E-state index contributed by atoms with van der Waals surface area (Å²) in [6, 6.07) is 45.1. The fraction of sp³-hybridized carbons (Fsp3) is 0.283. The van der Waals surface area contributed by atoms with Crippen molar-refractivity contribution in [2.24, 2.45) is 0 Å². The van der Waals surface area contributed by atoms with E-state index in [1.54, 1.807) is 6.92 Å². The van der Waals surface area contributed by atoms with Crippen LogP contribution in [-0.4, -0.2) is 41.5 Å². The lowest BCUT2D eigenvalue weighted by molar-refractivity contribution is -0.488. The average Bonchev–Trinajstić information content (AvgIpc) is 3.28. The van der Waals surface area contributed by atoms with E-state index in [1.165, 1.54) is 109 Å². The van der Waals surface area contributed by atoms with Crippen LogP contribution in [0.5, 0.6) is 0 Å². The van der Waals surface area contributed by atoms with E-state index in [0.717, 1.165) is 16.5 Å². The summed E-state index contributed by atoms with van der Waals surface area (Å²) in [4.78, 5) is 14.6. The second-order valence-electron chi connectivity index (χ2n) is 16.0. The normalized spacial score (nSPS) is 15.9. The van der Waals surface area contributed by atoms with E-state index in [1.807, 2.05) is 0 Å². The van der Waals surface area contributed by atoms with Crippen molar-refractivity contribution in [3.05, 3.63) is 174 Å². The number of carbonyl (C=O) groups is 1.